The first-order valence-corrected chi connectivity index (χ1v) is 6.95. The van der Waals surface area contributed by atoms with Crippen molar-refractivity contribution in [3.05, 3.63) is 0 Å². The van der Waals surface area contributed by atoms with Crippen LogP contribution < -0.4 is 0 Å². The summed E-state index contributed by atoms with van der Waals surface area (Å²) in [5, 5.41) is 0. The molecule has 90 valence electrons. The Morgan fingerprint density at radius 2 is 2.07 bits per heavy atom. The number of morpholine rings is 1. The highest BCUT2D eigenvalue weighted by atomic mass is 32.1. The van der Waals surface area contributed by atoms with E-state index in [2.05, 4.69) is 24.5 Å². The Labute approximate surface area is 99.8 Å². The lowest BCUT2D eigenvalue weighted by molar-refractivity contribution is -0.0299. The lowest BCUT2D eigenvalue weighted by Gasteiger charge is -2.32. The normalized spacial score (nSPS) is 23.2. The summed E-state index contributed by atoms with van der Waals surface area (Å²) in [7, 11) is 0. The van der Waals surface area contributed by atoms with Gasteiger partial charge in [-0.3, -0.25) is 4.90 Å². The second kappa shape index (κ2) is 8.43. The number of hydrogen-bond acceptors (Lipinski definition) is 3. The minimum Gasteiger partial charge on any atom is -0.376 e. The van der Waals surface area contributed by atoms with Crippen LogP contribution in [0.5, 0.6) is 0 Å². The van der Waals surface area contributed by atoms with E-state index in [-0.39, 0.29) is 0 Å². The van der Waals surface area contributed by atoms with E-state index < -0.39 is 0 Å². The van der Waals surface area contributed by atoms with Gasteiger partial charge in [0, 0.05) is 13.1 Å². The lowest BCUT2D eigenvalue weighted by Crippen LogP contribution is -2.42. The van der Waals surface area contributed by atoms with Crippen LogP contribution in [0, 0.1) is 0 Å². The fraction of sp³-hybridized carbons (Fsp3) is 1.00. The molecule has 1 unspecified atom stereocenters. The van der Waals surface area contributed by atoms with Crippen molar-refractivity contribution in [3.63, 3.8) is 0 Å². The second-order valence-electron chi connectivity index (χ2n) is 4.34. The maximum atomic E-state index is 5.65. The Morgan fingerprint density at radius 3 is 2.80 bits per heavy atom. The topological polar surface area (TPSA) is 12.5 Å². The highest BCUT2D eigenvalue weighted by Gasteiger charge is 2.17. The van der Waals surface area contributed by atoms with E-state index in [4.69, 9.17) is 4.74 Å². The second-order valence-corrected chi connectivity index (χ2v) is 4.79. The van der Waals surface area contributed by atoms with Gasteiger partial charge in [-0.1, -0.05) is 19.8 Å². The van der Waals surface area contributed by atoms with Gasteiger partial charge in [0.2, 0.25) is 0 Å². The molecule has 0 aromatic rings. The van der Waals surface area contributed by atoms with Crippen LogP contribution in [-0.2, 0) is 4.74 Å². The van der Waals surface area contributed by atoms with Crippen LogP contribution in [0.4, 0.5) is 0 Å². The molecular formula is C12H25NOS. The van der Waals surface area contributed by atoms with Crippen molar-refractivity contribution >= 4 is 12.6 Å². The number of thiol groups is 1. The highest BCUT2D eigenvalue weighted by molar-refractivity contribution is 7.80. The average Bonchev–Trinajstić information content (AvgIpc) is 2.29. The first kappa shape index (κ1) is 13.3. The van der Waals surface area contributed by atoms with Crippen LogP contribution in [-0.4, -0.2) is 43.0 Å². The lowest BCUT2D eigenvalue weighted by atomic mass is 10.1. The minimum atomic E-state index is 0.483. The molecule has 1 heterocycles. The van der Waals surface area contributed by atoms with Gasteiger partial charge in [0.1, 0.15) is 0 Å². The highest BCUT2D eigenvalue weighted by Crippen LogP contribution is 2.10. The summed E-state index contributed by atoms with van der Waals surface area (Å²) in [6, 6.07) is 0. The Hall–Kier alpha value is 0.270. The van der Waals surface area contributed by atoms with Crippen LogP contribution in [0.1, 0.15) is 39.0 Å². The Kier molecular flexibility index (Phi) is 7.49. The Balaban J connectivity index is 2.00. The molecule has 0 bridgehead atoms. The van der Waals surface area contributed by atoms with E-state index in [9.17, 15) is 0 Å². The van der Waals surface area contributed by atoms with Gasteiger partial charge in [0.25, 0.3) is 0 Å². The molecular weight excluding hydrogens is 206 g/mol. The monoisotopic (exact) mass is 231 g/mol. The van der Waals surface area contributed by atoms with Crippen molar-refractivity contribution in [2.24, 2.45) is 0 Å². The van der Waals surface area contributed by atoms with E-state index in [1.165, 1.54) is 32.2 Å². The van der Waals surface area contributed by atoms with Crippen molar-refractivity contribution < 1.29 is 4.74 Å². The van der Waals surface area contributed by atoms with E-state index >= 15 is 0 Å². The van der Waals surface area contributed by atoms with Gasteiger partial charge in [0.05, 0.1) is 12.7 Å². The average molecular weight is 231 g/mol. The summed E-state index contributed by atoms with van der Waals surface area (Å²) in [6.07, 6.45) is 6.93. The fourth-order valence-corrected chi connectivity index (χ4v) is 2.25. The largest absolute Gasteiger partial charge is 0.376 e. The molecule has 0 aromatic carbocycles. The first-order valence-electron chi connectivity index (χ1n) is 6.31. The molecule has 0 saturated carbocycles. The van der Waals surface area contributed by atoms with Gasteiger partial charge < -0.3 is 4.74 Å². The van der Waals surface area contributed by atoms with E-state index in [1.54, 1.807) is 0 Å². The van der Waals surface area contributed by atoms with Crippen molar-refractivity contribution in [1.29, 1.82) is 0 Å². The van der Waals surface area contributed by atoms with Crippen LogP contribution in [0.25, 0.3) is 0 Å². The standard InChI is InChI=1S/C12H25NOS/c1-2-12-11-13(8-9-14-12)7-5-3-4-6-10-15/h12,15H,2-11H2,1H3. The van der Waals surface area contributed by atoms with Crippen LogP contribution in [0.3, 0.4) is 0 Å². The molecule has 0 N–H and O–H groups in total. The molecule has 0 spiro atoms. The van der Waals surface area contributed by atoms with Crippen LogP contribution in [0.2, 0.25) is 0 Å². The SMILES string of the molecule is CCC1CN(CCCCCCS)CCO1. The zero-order chi connectivity index (χ0) is 10.9. The fourth-order valence-electron chi connectivity index (χ4n) is 2.03. The van der Waals surface area contributed by atoms with Crippen LogP contribution in [0.15, 0.2) is 0 Å². The van der Waals surface area contributed by atoms with Gasteiger partial charge in [-0.2, -0.15) is 12.6 Å². The van der Waals surface area contributed by atoms with Gasteiger partial charge in [0.15, 0.2) is 0 Å². The molecule has 1 atom stereocenters. The molecule has 0 aliphatic carbocycles. The molecule has 0 amide bonds. The predicted molar refractivity (Wildman–Crippen MR) is 68.8 cm³/mol. The van der Waals surface area contributed by atoms with Crippen molar-refractivity contribution in [1.82, 2.24) is 4.90 Å². The molecule has 1 aliphatic heterocycles. The van der Waals surface area contributed by atoms with Gasteiger partial charge in [-0.25, -0.2) is 0 Å². The molecule has 1 aliphatic rings. The quantitative estimate of drug-likeness (QED) is 0.534. The van der Waals surface area contributed by atoms with Gasteiger partial charge >= 0.3 is 0 Å². The maximum Gasteiger partial charge on any atom is 0.0700 e. The maximum absolute atomic E-state index is 5.65. The molecule has 1 saturated heterocycles. The molecule has 1 fully saturated rings. The number of hydrogen-bond donors (Lipinski definition) is 1. The third-order valence-electron chi connectivity index (χ3n) is 3.06. The summed E-state index contributed by atoms with van der Waals surface area (Å²) < 4.78 is 5.65. The molecule has 0 radical (unpaired) electrons. The predicted octanol–water partition coefficient (Wildman–Crippen LogP) is 2.59. The van der Waals surface area contributed by atoms with Crippen molar-refractivity contribution in [2.75, 3.05) is 32.0 Å². The summed E-state index contributed by atoms with van der Waals surface area (Å²) in [4.78, 5) is 2.55. The molecule has 3 heteroatoms. The number of ether oxygens (including phenoxy) is 1. The zero-order valence-electron chi connectivity index (χ0n) is 9.95. The summed E-state index contributed by atoms with van der Waals surface area (Å²) in [5.74, 6) is 1.04. The van der Waals surface area contributed by atoms with E-state index in [0.717, 1.165) is 31.9 Å². The number of nitrogens with zero attached hydrogens (tertiary/aromatic N) is 1. The Morgan fingerprint density at radius 1 is 1.27 bits per heavy atom. The molecule has 15 heavy (non-hydrogen) atoms. The van der Waals surface area contributed by atoms with Crippen LogP contribution >= 0.6 is 12.6 Å². The Bertz CT molecular complexity index is 155. The summed E-state index contributed by atoms with van der Waals surface area (Å²) in [6.45, 7) is 6.66. The third-order valence-corrected chi connectivity index (χ3v) is 3.38. The smallest absolute Gasteiger partial charge is 0.0700 e. The van der Waals surface area contributed by atoms with Crippen molar-refractivity contribution in [2.45, 2.75) is 45.1 Å². The first-order chi connectivity index (χ1) is 7.36. The van der Waals surface area contributed by atoms with E-state index in [1.807, 2.05) is 0 Å². The van der Waals surface area contributed by atoms with E-state index in [0.29, 0.717) is 6.10 Å². The van der Waals surface area contributed by atoms with Gasteiger partial charge in [-0.15, -0.1) is 0 Å². The molecule has 2 nitrogen and oxygen atoms in total. The summed E-state index contributed by atoms with van der Waals surface area (Å²) >= 11 is 4.22. The van der Waals surface area contributed by atoms with Crippen molar-refractivity contribution in [3.8, 4) is 0 Å². The number of rotatable bonds is 7. The third kappa shape index (κ3) is 5.79. The van der Waals surface area contributed by atoms with Gasteiger partial charge in [-0.05, 0) is 31.6 Å². The number of unbranched alkanes of at least 4 members (excludes halogenated alkanes) is 3. The zero-order valence-corrected chi connectivity index (χ0v) is 10.8. The minimum absolute atomic E-state index is 0.483. The summed E-state index contributed by atoms with van der Waals surface area (Å²) in [5.41, 5.74) is 0. The molecule has 0 aromatic heterocycles. The molecule has 1 rings (SSSR count).